The lowest BCUT2D eigenvalue weighted by Crippen LogP contribution is -2.34. The van der Waals surface area contributed by atoms with Crippen LogP contribution in [0.5, 0.6) is 0 Å². The van der Waals surface area contributed by atoms with E-state index in [1.54, 1.807) is 0 Å². The molecule has 3 nitrogen and oxygen atoms in total. The van der Waals surface area contributed by atoms with Gasteiger partial charge in [0, 0.05) is 6.54 Å². The number of hydrogen-bond acceptors (Lipinski definition) is 2. The highest BCUT2D eigenvalue weighted by Gasteiger charge is 2.60. The highest BCUT2D eigenvalue weighted by molar-refractivity contribution is 5.83. The molecule has 2 rings (SSSR count). The molecule has 2 N–H and O–H groups in total. The minimum absolute atomic E-state index is 0.0907. The molecule has 0 saturated heterocycles. The van der Waals surface area contributed by atoms with Crippen molar-refractivity contribution >= 4 is 5.91 Å². The van der Waals surface area contributed by atoms with Crippen LogP contribution in [0.4, 0.5) is 0 Å². The molecule has 20 heavy (non-hydrogen) atoms. The van der Waals surface area contributed by atoms with Crippen LogP contribution in [0.2, 0.25) is 0 Å². The van der Waals surface area contributed by atoms with Gasteiger partial charge in [-0.2, -0.15) is 0 Å². The highest BCUT2D eigenvalue weighted by atomic mass is 16.3. The Morgan fingerprint density at radius 1 is 1.35 bits per heavy atom. The molecular weight excluding hydrogens is 250 g/mol. The summed E-state index contributed by atoms with van der Waals surface area (Å²) in [7, 11) is 0. The summed E-state index contributed by atoms with van der Waals surface area (Å²) in [4.78, 5) is 12.3. The van der Waals surface area contributed by atoms with E-state index in [9.17, 15) is 9.90 Å². The van der Waals surface area contributed by atoms with E-state index in [0.717, 1.165) is 32.2 Å². The van der Waals surface area contributed by atoms with Gasteiger partial charge in [-0.05, 0) is 50.4 Å². The zero-order chi connectivity index (χ0) is 14.9. The molecule has 2 aliphatic rings. The van der Waals surface area contributed by atoms with Crippen molar-refractivity contribution < 1.29 is 9.90 Å². The summed E-state index contributed by atoms with van der Waals surface area (Å²) >= 11 is 0. The van der Waals surface area contributed by atoms with Crippen molar-refractivity contribution in [3.8, 4) is 0 Å². The van der Waals surface area contributed by atoms with Gasteiger partial charge < -0.3 is 10.4 Å². The van der Waals surface area contributed by atoms with Gasteiger partial charge >= 0.3 is 0 Å². The van der Waals surface area contributed by atoms with Gasteiger partial charge in [-0.25, -0.2) is 0 Å². The van der Waals surface area contributed by atoms with Gasteiger partial charge in [0.15, 0.2) is 0 Å². The second-order valence-corrected chi connectivity index (χ2v) is 7.50. The molecule has 4 unspecified atom stereocenters. The Bertz CT molecular complexity index is 396. The van der Waals surface area contributed by atoms with Crippen LogP contribution in [0.25, 0.3) is 0 Å². The lowest BCUT2D eigenvalue weighted by atomic mass is 9.87. The number of aliphatic hydroxyl groups is 1. The van der Waals surface area contributed by atoms with E-state index in [4.69, 9.17) is 0 Å². The summed E-state index contributed by atoms with van der Waals surface area (Å²) < 4.78 is 0. The third-order valence-corrected chi connectivity index (χ3v) is 5.03. The van der Waals surface area contributed by atoms with Crippen molar-refractivity contribution in [2.45, 2.75) is 59.5 Å². The van der Waals surface area contributed by atoms with Gasteiger partial charge in [0.2, 0.25) is 5.91 Å². The second kappa shape index (κ2) is 5.88. The predicted molar refractivity (Wildman–Crippen MR) is 81.2 cm³/mol. The second-order valence-electron chi connectivity index (χ2n) is 7.50. The molecule has 0 heterocycles. The first-order chi connectivity index (χ1) is 9.32. The summed E-state index contributed by atoms with van der Waals surface area (Å²) in [6, 6.07) is 0. The number of carbonyl (C=O) groups is 1. The largest absolute Gasteiger partial charge is 0.393 e. The summed E-state index contributed by atoms with van der Waals surface area (Å²) in [6.45, 7) is 9.25. The molecule has 1 amide bonds. The fourth-order valence-electron chi connectivity index (χ4n) is 3.65. The third kappa shape index (κ3) is 3.43. The number of hydrogen-bond donors (Lipinski definition) is 2. The summed E-state index contributed by atoms with van der Waals surface area (Å²) in [5, 5.41) is 12.8. The zero-order valence-electron chi connectivity index (χ0n) is 13.3. The molecule has 2 aliphatic carbocycles. The number of aliphatic hydroxyl groups excluding tert-OH is 1. The first kappa shape index (κ1) is 15.6. The van der Waals surface area contributed by atoms with Crippen molar-refractivity contribution in [2.24, 2.45) is 23.2 Å². The van der Waals surface area contributed by atoms with Crippen molar-refractivity contribution in [3.63, 3.8) is 0 Å². The molecule has 0 aromatic carbocycles. The topological polar surface area (TPSA) is 49.3 Å². The van der Waals surface area contributed by atoms with Gasteiger partial charge in [0.05, 0.1) is 12.0 Å². The first-order valence-electron chi connectivity index (χ1n) is 7.93. The van der Waals surface area contributed by atoms with Crippen molar-refractivity contribution in [3.05, 3.63) is 11.6 Å². The Morgan fingerprint density at radius 2 is 2.05 bits per heavy atom. The zero-order valence-corrected chi connectivity index (χ0v) is 13.3. The lowest BCUT2D eigenvalue weighted by molar-refractivity contribution is -0.123. The number of carbonyl (C=O) groups excluding carboxylic acids is 1. The highest BCUT2D eigenvalue weighted by Crippen LogP contribution is 2.59. The Hall–Kier alpha value is -0.830. The average molecular weight is 279 g/mol. The number of nitrogens with one attached hydrogen (secondary N) is 1. The first-order valence-corrected chi connectivity index (χ1v) is 7.93. The van der Waals surface area contributed by atoms with E-state index in [2.05, 4.69) is 39.1 Å². The quantitative estimate of drug-likeness (QED) is 0.777. The molecule has 0 radical (unpaired) electrons. The number of amides is 1. The summed E-state index contributed by atoms with van der Waals surface area (Å²) in [5.41, 5.74) is 1.38. The standard InChI is InChI=1S/C17H29NO2/c1-11(2)8-14-15(17(14,3)4)16(20)18-10-12-6-5-7-13(19)9-12/h8,12-15,19H,5-7,9-10H2,1-4H3,(H,18,20). The Kier molecular flexibility index (Phi) is 4.58. The predicted octanol–water partition coefficient (Wildman–Crippen LogP) is 2.89. The fraction of sp³-hybridized carbons (Fsp3) is 0.824. The van der Waals surface area contributed by atoms with Crippen LogP contribution in [0, 0.1) is 23.2 Å². The van der Waals surface area contributed by atoms with Crippen LogP contribution in [0.15, 0.2) is 11.6 Å². The molecule has 0 aliphatic heterocycles. The average Bonchev–Trinajstić information content (AvgIpc) is 2.87. The van der Waals surface area contributed by atoms with E-state index >= 15 is 0 Å². The fourth-order valence-corrected chi connectivity index (χ4v) is 3.65. The minimum atomic E-state index is -0.165. The van der Waals surface area contributed by atoms with Crippen LogP contribution in [-0.2, 0) is 4.79 Å². The van der Waals surface area contributed by atoms with Gasteiger partial charge in [0.25, 0.3) is 0 Å². The maximum atomic E-state index is 12.3. The third-order valence-electron chi connectivity index (χ3n) is 5.03. The summed E-state index contributed by atoms with van der Waals surface area (Å²) in [5.74, 6) is 1.14. The lowest BCUT2D eigenvalue weighted by Gasteiger charge is -2.26. The minimum Gasteiger partial charge on any atom is -0.393 e. The van der Waals surface area contributed by atoms with Gasteiger partial charge in [-0.1, -0.05) is 31.9 Å². The molecule has 0 spiro atoms. The van der Waals surface area contributed by atoms with E-state index in [1.165, 1.54) is 5.57 Å². The monoisotopic (exact) mass is 279 g/mol. The van der Waals surface area contributed by atoms with Crippen LogP contribution >= 0.6 is 0 Å². The number of allylic oxidation sites excluding steroid dienone is 2. The van der Waals surface area contributed by atoms with E-state index < -0.39 is 0 Å². The smallest absolute Gasteiger partial charge is 0.224 e. The van der Waals surface area contributed by atoms with Crippen molar-refractivity contribution in [1.29, 1.82) is 0 Å². The molecule has 3 heteroatoms. The molecular formula is C17H29NO2. The Labute approximate surface area is 122 Å². The van der Waals surface area contributed by atoms with E-state index in [0.29, 0.717) is 11.8 Å². The van der Waals surface area contributed by atoms with Gasteiger partial charge in [-0.15, -0.1) is 0 Å². The molecule has 2 saturated carbocycles. The molecule has 0 aromatic rings. The van der Waals surface area contributed by atoms with E-state index in [-0.39, 0.29) is 23.3 Å². The van der Waals surface area contributed by atoms with Gasteiger partial charge in [0.1, 0.15) is 0 Å². The van der Waals surface area contributed by atoms with Crippen molar-refractivity contribution in [2.75, 3.05) is 6.54 Å². The molecule has 0 aromatic heterocycles. The Morgan fingerprint density at radius 3 is 2.65 bits per heavy atom. The SMILES string of the molecule is CC(C)=CC1C(C(=O)NCC2CCCC(O)C2)C1(C)C. The van der Waals surface area contributed by atoms with Gasteiger partial charge in [-0.3, -0.25) is 4.79 Å². The maximum absolute atomic E-state index is 12.3. The number of rotatable bonds is 4. The van der Waals surface area contributed by atoms with Crippen LogP contribution in [0.1, 0.15) is 53.4 Å². The van der Waals surface area contributed by atoms with E-state index in [1.807, 2.05) is 0 Å². The van der Waals surface area contributed by atoms with Crippen molar-refractivity contribution in [1.82, 2.24) is 5.32 Å². The normalized spacial score (nSPS) is 35.2. The van der Waals surface area contributed by atoms with Crippen LogP contribution in [-0.4, -0.2) is 23.7 Å². The molecule has 2 fully saturated rings. The molecule has 114 valence electrons. The summed E-state index contributed by atoms with van der Waals surface area (Å²) in [6.07, 6.45) is 6.03. The molecule has 0 bridgehead atoms. The van der Waals surface area contributed by atoms with Crippen LogP contribution in [0.3, 0.4) is 0 Å². The Balaban J connectivity index is 1.82. The van der Waals surface area contributed by atoms with Crippen LogP contribution < -0.4 is 5.32 Å². The maximum Gasteiger partial charge on any atom is 0.224 e. The molecule has 4 atom stereocenters.